The van der Waals surface area contributed by atoms with E-state index in [-0.39, 0.29) is 6.54 Å². The largest absolute Gasteiger partial charge is 0.384 e. The van der Waals surface area contributed by atoms with Gasteiger partial charge in [0.15, 0.2) is 0 Å². The van der Waals surface area contributed by atoms with Crippen molar-refractivity contribution >= 4 is 15.7 Å². The molecular formula is C12H15N5O2S. The average Bonchev–Trinajstić information content (AvgIpc) is 3.07. The molecule has 7 nitrogen and oxygen atoms in total. The molecule has 0 saturated carbocycles. The number of aromatic amines is 1. The second-order valence-electron chi connectivity index (χ2n) is 4.69. The van der Waals surface area contributed by atoms with Gasteiger partial charge in [-0.3, -0.25) is 5.10 Å². The number of fused-ring (bicyclic) bond motifs is 1. The van der Waals surface area contributed by atoms with E-state index in [9.17, 15) is 8.42 Å². The van der Waals surface area contributed by atoms with Gasteiger partial charge in [0.05, 0.1) is 11.4 Å². The van der Waals surface area contributed by atoms with Crippen molar-refractivity contribution < 1.29 is 8.42 Å². The van der Waals surface area contributed by atoms with E-state index >= 15 is 0 Å². The molecule has 0 saturated heterocycles. The zero-order valence-corrected chi connectivity index (χ0v) is 11.8. The molecule has 2 N–H and O–H groups in total. The molecule has 1 aromatic carbocycles. The van der Waals surface area contributed by atoms with Gasteiger partial charge in [-0.05, 0) is 30.2 Å². The number of sulfonamides is 1. The van der Waals surface area contributed by atoms with Gasteiger partial charge in [0.2, 0.25) is 10.0 Å². The SMILES string of the molecule is CN(Cc1ncn[nH]1)S(=O)(=O)c1ccc2c(c1)CCN2. The third-order valence-corrected chi connectivity index (χ3v) is 5.13. The van der Waals surface area contributed by atoms with E-state index < -0.39 is 10.0 Å². The van der Waals surface area contributed by atoms with Crippen LogP contribution in [0.4, 0.5) is 5.69 Å². The van der Waals surface area contributed by atoms with Crippen molar-refractivity contribution in [1.82, 2.24) is 19.5 Å². The van der Waals surface area contributed by atoms with Crippen LogP contribution in [0.25, 0.3) is 0 Å². The molecule has 1 aliphatic heterocycles. The highest BCUT2D eigenvalue weighted by Gasteiger charge is 2.23. The number of aromatic nitrogens is 3. The first kappa shape index (κ1) is 13.1. The van der Waals surface area contributed by atoms with Gasteiger partial charge < -0.3 is 5.32 Å². The van der Waals surface area contributed by atoms with Crippen LogP contribution in [-0.2, 0) is 23.0 Å². The van der Waals surface area contributed by atoms with Gasteiger partial charge in [0.25, 0.3) is 0 Å². The third kappa shape index (κ3) is 2.27. The monoisotopic (exact) mass is 293 g/mol. The molecule has 0 aliphatic carbocycles. The topological polar surface area (TPSA) is 91.0 Å². The van der Waals surface area contributed by atoms with Crippen molar-refractivity contribution in [3.05, 3.63) is 35.9 Å². The molecule has 0 bridgehead atoms. The summed E-state index contributed by atoms with van der Waals surface area (Å²) in [6, 6.07) is 5.18. The molecule has 3 rings (SSSR count). The minimum absolute atomic E-state index is 0.164. The maximum Gasteiger partial charge on any atom is 0.243 e. The van der Waals surface area contributed by atoms with Crippen LogP contribution in [0.2, 0.25) is 0 Å². The lowest BCUT2D eigenvalue weighted by Gasteiger charge is -2.16. The van der Waals surface area contributed by atoms with Crippen molar-refractivity contribution in [2.75, 3.05) is 18.9 Å². The maximum atomic E-state index is 12.5. The van der Waals surface area contributed by atoms with Gasteiger partial charge in [-0.25, -0.2) is 13.4 Å². The molecule has 0 spiro atoms. The van der Waals surface area contributed by atoms with Gasteiger partial charge in [0.1, 0.15) is 12.2 Å². The van der Waals surface area contributed by atoms with E-state index in [0.29, 0.717) is 10.7 Å². The minimum Gasteiger partial charge on any atom is -0.384 e. The fraction of sp³-hybridized carbons (Fsp3) is 0.333. The molecule has 2 aromatic rings. The molecule has 0 unspecified atom stereocenters. The van der Waals surface area contributed by atoms with Crippen LogP contribution in [0.15, 0.2) is 29.4 Å². The Bertz CT molecular complexity index is 711. The number of nitrogens with zero attached hydrogens (tertiary/aromatic N) is 3. The Morgan fingerprint density at radius 1 is 1.40 bits per heavy atom. The smallest absolute Gasteiger partial charge is 0.243 e. The second-order valence-corrected chi connectivity index (χ2v) is 6.73. The number of H-pyrrole nitrogens is 1. The predicted octanol–water partition coefficient (Wildman–Crippen LogP) is 0.593. The maximum absolute atomic E-state index is 12.5. The summed E-state index contributed by atoms with van der Waals surface area (Å²) < 4.78 is 26.3. The summed E-state index contributed by atoms with van der Waals surface area (Å²) in [5.74, 6) is 0.513. The van der Waals surface area contributed by atoms with E-state index in [1.165, 1.54) is 17.7 Å². The molecule has 0 amide bonds. The number of hydrogen-bond donors (Lipinski definition) is 2. The van der Waals surface area contributed by atoms with E-state index in [1.807, 2.05) is 6.07 Å². The quantitative estimate of drug-likeness (QED) is 0.861. The molecule has 0 fully saturated rings. The number of hydrogen-bond acceptors (Lipinski definition) is 5. The summed E-state index contributed by atoms with van der Waals surface area (Å²) in [6.07, 6.45) is 2.21. The molecule has 1 aliphatic rings. The molecule has 0 atom stereocenters. The summed E-state index contributed by atoms with van der Waals surface area (Å²) in [7, 11) is -1.99. The zero-order chi connectivity index (χ0) is 14.2. The number of rotatable bonds is 4. The number of anilines is 1. The average molecular weight is 293 g/mol. The highest BCUT2D eigenvalue weighted by Crippen LogP contribution is 2.26. The Balaban J connectivity index is 1.87. The first-order valence-electron chi connectivity index (χ1n) is 6.25. The number of nitrogens with one attached hydrogen (secondary N) is 2. The number of benzene rings is 1. The first-order chi connectivity index (χ1) is 9.57. The fourth-order valence-electron chi connectivity index (χ4n) is 2.22. The van der Waals surface area contributed by atoms with E-state index in [2.05, 4.69) is 20.5 Å². The molecule has 2 heterocycles. The third-order valence-electron chi connectivity index (χ3n) is 3.33. The van der Waals surface area contributed by atoms with Crippen LogP contribution in [0.3, 0.4) is 0 Å². The minimum atomic E-state index is -3.52. The van der Waals surface area contributed by atoms with E-state index in [4.69, 9.17) is 0 Å². The van der Waals surface area contributed by atoms with E-state index in [1.54, 1.807) is 12.1 Å². The molecule has 0 radical (unpaired) electrons. The van der Waals surface area contributed by atoms with Crippen molar-refractivity contribution in [1.29, 1.82) is 0 Å². The summed E-state index contributed by atoms with van der Waals surface area (Å²) in [5.41, 5.74) is 2.06. The highest BCUT2D eigenvalue weighted by molar-refractivity contribution is 7.89. The van der Waals surface area contributed by atoms with Crippen LogP contribution in [0.1, 0.15) is 11.4 Å². The van der Waals surface area contributed by atoms with Crippen molar-refractivity contribution in [3.8, 4) is 0 Å². The molecule has 106 valence electrons. The lowest BCUT2D eigenvalue weighted by atomic mass is 10.2. The van der Waals surface area contributed by atoms with Crippen LogP contribution < -0.4 is 5.32 Å². The van der Waals surface area contributed by atoms with Gasteiger partial charge in [-0.1, -0.05) is 0 Å². The van der Waals surface area contributed by atoms with Crippen molar-refractivity contribution in [3.63, 3.8) is 0 Å². The van der Waals surface area contributed by atoms with Crippen molar-refractivity contribution in [2.24, 2.45) is 0 Å². The standard InChI is InChI=1S/C12H15N5O2S/c1-17(7-12-14-8-15-16-12)20(18,19)10-2-3-11-9(6-10)4-5-13-11/h2-3,6,8,13H,4-5,7H2,1H3,(H,14,15,16). The Labute approximate surface area is 117 Å². The lowest BCUT2D eigenvalue weighted by Crippen LogP contribution is -2.27. The Morgan fingerprint density at radius 3 is 3.00 bits per heavy atom. The normalized spacial score (nSPS) is 14.3. The molecule has 1 aromatic heterocycles. The van der Waals surface area contributed by atoms with Crippen LogP contribution >= 0.6 is 0 Å². The highest BCUT2D eigenvalue weighted by atomic mass is 32.2. The van der Waals surface area contributed by atoms with E-state index in [0.717, 1.165) is 24.2 Å². The Hall–Kier alpha value is -1.93. The summed E-state index contributed by atoms with van der Waals surface area (Å²) in [4.78, 5) is 4.25. The van der Waals surface area contributed by atoms with Crippen LogP contribution in [-0.4, -0.2) is 41.5 Å². The lowest BCUT2D eigenvalue weighted by molar-refractivity contribution is 0.457. The Morgan fingerprint density at radius 2 is 2.25 bits per heavy atom. The second kappa shape index (κ2) is 4.88. The van der Waals surface area contributed by atoms with Gasteiger partial charge in [-0.2, -0.15) is 9.40 Å². The van der Waals surface area contributed by atoms with Crippen molar-refractivity contribution in [2.45, 2.75) is 17.9 Å². The molecule has 20 heavy (non-hydrogen) atoms. The summed E-state index contributed by atoms with van der Waals surface area (Å²) in [5, 5.41) is 9.58. The van der Waals surface area contributed by atoms with Gasteiger partial charge >= 0.3 is 0 Å². The van der Waals surface area contributed by atoms with Crippen LogP contribution in [0, 0.1) is 0 Å². The summed E-state index contributed by atoms with van der Waals surface area (Å²) >= 11 is 0. The van der Waals surface area contributed by atoms with Gasteiger partial charge in [-0.15, -0.1) is 0 Å². The zero-order valence-electron chi connectivity index (χ0n) is 11.0. The van der Waals surface area contributed by atoms with Gasteiger partial charge in [0, 0.05) is 19.3 Å². The summed E-state index contributed by atoms with van der Waals surface area (Å²) in [6.45, 7) is 1.02. The predicted molar refractivity (Wildman–Crippen MR) is 73.7 cm³/mol. The fourth-order valence-corrected chi connectivity index (χ4v) is 3.41. The molecule has 8 heteroatoms. The molecular weight excluding hydrogens is 278 g/mol. The Kier molecular flexibility index (Phi) is 3.19. The first-order valence-corrected chi connectivity index (χ1v) is 7.69. The van der Waals surface area contributed by atoms with Crippen LogP contribution in [0.5, 0.6) is 0 Å².